The molecule has 2 atom stereocenters. The summed E-state index contributed by atoms with van der Waals surface area (Å²) in [4.78, 5) is 28.9. The Morgan fingerprint density at radius 3 is 3.04 bits per heavy atom. The van der Waals surface area contributed by atoms with Crippen LogP contribution >= 0.6 is 11.8 Å². The highest BCUT2D eigenvalue weighted by atomic mass is 32.2. The quantitative estimate of drug-likeness (QED) is 0.709. The van der Waals surface area contributed by atoms with Crippen molar-refractivity contribution in [2.75, 3.05) is 36.8 Å². The van der Waals surface area contributed by atoms with Crippen molar-refractivity contribution >= 4 is 29.3 Å². The molecule has 1 saturated heterocycles. The van der Waals surface area contributed by atoms with E-state index in [0.29, 0.717) is 18.7 Å². The molecule has 0 bridgehead atoms. The number of benzene rings is 1. The Hall–Kier alpha value is -1.53. The van der Waals surface area contributed by atoms with Gasteiger partial charge < -0.3 is 15.1 Å². The number of fused-ring (bicyclic) bond motifs is 1. The van der Waals surface area contributed by atoms with Crippen LogP contribution in [0.2, 0.25) is 0 Å². The van der Waals surface area contributed by atoms with Gasteiger partial charge in [0.25, 0.3) is 0 Å². The lowest BCUT2D eigenvalue weighted by molar-refractivity contribution is -0.928. The molecular formula is C20H30N3O2S+. The van der Waals surface area contributed by atoms with Crippen molar-refractivity contribution in [3.63, 3.8) is 0 Å². The summed E-state index contributed by atoms with van der Waals surface area (Å²) in [6, 6.07) is 8.67. The minimum Gasteiger partial charge on any atom is -0.356 e. The van der Waals surface area contributed by atoms with Crippen molar-refractivity contribution in [2.24, 2.45) is 0 Å². The van der Waals surface area contributed by atoms with E-state index >= 15 is 0 Å². The lowest BCUT2D eigenvalue weighted by Crippen LogP contribution is -3.16. The first kappa shape index (κ1) is 19.2. The Morgan fingerprint density at radius 2 is 2.19 bits per heavy atom. The van der Waals surface area contributed by atoms with Crippen molar-refractivity contribution in [3.8, 4) is 0 Å². The molecule has 2 amide bonds. The van der Waals surface area contributed by atoms with Gasteiger partial charge >= 0.3 is 0 Å². The first-order chi connectivity index (χ1) is 12.6. The summed E-state index contributed by atoms with van der Waals surface area (Å²) in [5.41, 5.74) is 0.934. The van der Waals surface area contributed by atoms with Gasteiger partial charge in [0.2, 0.25) is 11.8 Å². The first-order valence-electron chi connectivity index (χ1n) is 9.78. The van der Waals surface area contributed by atoms with E-state index in [0.717, 1.165) is 36.1 Å². The van der Waals surface area contributed by atoms with Gasteiger partial charge in [0.15, 0.2) is 0 Å². The molecule has 1 aromatic carbocycles. The van der Waals surface area contributed by atoms with E-state index in [-0.39, 0.29) is 11.8 Å². The van der Waals surface area contributed by atoms with Crippen molar-refractivity contribution in [3.05, 3.63) is 24.3 Å². The number of nitrogens with zero attached hydrogens (tertiary/aromatic N) is 1. The van der Waals surface area contributed by atoms with Crippen molar-refractivity contribution in [1.29, 1.82) is 0 Å². The molecule has 5 nitrogen and oxygen atoms in total. The lowest BCUT2D eigenvalue weighted by Gasteiger charge is -2.30. The number of carbonyl (C=O) groups is 2. The van der Waals surface area contributed by atoms with Crippen LogP contribution in [0.3, 0.4) is 0 Å². The summed E-state index contributed by atoms with van der Waals surface area (Å²) >= 11 is 1.57. The molecular weight excluding hydrogens is 346 g/mol. The number of piperidine rings is 1. The molecule has 0 aliphatic carbocycles. The minimum absolute atomic E-state index is 0.0372. The van der Waals surface area contributed by atoms with Gasteiger partial charge in [-0.15, -0.1) is 11.8 Å². The Labute approximate surface area is 160 Å². The number of likely N-dealkylation sites (tertiary alicyclic amines) is 1. The third-order valence-corrected chi connectivity index (χ3v) is 6.50. The summed E-state index contributed by atoms with van der Waals surface area (Å²) in [5.74, 6) is 0.578. The topological polar surface area (TPSA) is 53.9 Å². The summed E-state index contributed by atoms with van der Waals surface area (Å²) in [7, 11) is 0. The van der Waals surface area contributed by atoms with E-state index in [2.05, 4.69) is 12.2 Å². The van der Waals surface area contributed by atoms with Crippen molar-refractivity contribution < 1.29 is 14.5 Å². The average molecular weight is 377 g/mol. The molecule has 1 fully saturated rings. The number of anilines is 1. The SMILES string of the molecule is C[C@H]1CCCC[NH+]1CCCNC(=O)CCN1C(=O)CSc2ccccc21. The number of thioether (sulfide) groups is 1. The molecule has 0 aromatic heterocycles. The van der Waals surface area contributed by atoms with Crippen LogP contribution in [0.4, 0.5) is 5.69 Å². The minimum atomic E-state index is 0.0372. The maximum Gasteiger partial charge on any atom is 0.237 e. The van der Waals surface area contributed by atoms with Crippen LogP contribution < -0.4 is 15.1 Å². The van der Waals surface area contributed by atoms with Crippen LogP contribution in [0.15, 0.2) is 29.2 Å². The summed E-state index contributed by atoms with van der Waals surface area (Å²) in [6.07, 6.45) is 5.39. The maximum absolute atomic E-state index is 12.2. The molecule has 1 unspecified atom stereocenters. The van der Waals surface area contributed by atoms with Crippen LogP contribution in [0, 0.1) is 0 Å². The molecule has 0 spiro atoms. The zero-order valence-corrected chi connectivity index (χ0v) is 16.4. The number of carbonyl (C=O) groups excluding carboxylic acids is 2. The summed E-state index contributed by atoms with van der Waals surface area (Å²) < 4.78 is 0. The van der Waals surface area contributed by atoms with Gasteiger partial charge in [-0.2, -0.15) is 0 Å². The zero-order valence-electron chi connectivity index (χ0n) is 15.6. The number of rotatable bonds is 7. The average Bonchev–Trinajstić information content (AvgIpc) is 2.65. The predicted molar refractivity (Wildman–Crippen MR) is 106 cm³/mol. The van der Waals surface area contributed by atoms with Gasteiger partial charge in [-0.3, -0.25) is 9.59 Å². The van der Waals surface area contributed by atoms with Crippen LogP contribution in [-0.2, 0) is 9.59 Å². The molecule has 2 aliphatic heterocycles. The Bertz CT molecular complexity index is 637. The molecule has 2 heterocycles. The van der Waals surface area contributed by atoms with Crippen molar-refractivity contribution in [2.45, 2.75) is 50.0 Å². The van der Waals surface area contributed by atoms with Gasteiger partial charge in [0.1, 0.15) is 0 Å². The lowest BCUT2D eigenvalue weighted by atomic mass is 10.0. The van der Waals surface area contributed by atoms with Crippen LogP contribution in [0.1, 0.15) is 39.0 Å². The van der Waals surface area contributed by atoms with E-state index in [1.54, 1.807) is 21.6 Å². The molecule has 1 aromatic rings. The zero-order chi connectivity index (χ0) is 18.4. The fraction of sp³-hybridized carbons (Fsp3) is 0.600. The smallest absolute Gasteiger partial charge is 0.237 e. The molecule has 142 valence electrons. The van der Waals surface area contributed by atoms with Crippen LogP contribution in [0.5, 0.6) is 0 Å². The van der Waals surface area contributed by atoms with Gasteiger partial charge in [-0.1, -0.05) is 12.1 Å². The highest BCUT2D eigenvalue weighted by Crippen LogP contribution is 2.34. The third-order valence-electron chi connectivity index (χ3n) is 5.45. The summed E-state index contributed by atoms with van der Waals surface area (Å²) in [6.45, 7) is 5.92. The Balaban J connectivity index is 1.38. The standard InChI is InChI=1S/C20H29N3O2S/c1-16-7-4-5-12-22(16)13-6-11-21-19(24)10-14-23-17-8-2-3-9-18(17)26-15-20(23)25/h2-3,8-9,16H,4-7,10-15H2,1H3,(H,21,24)/p+1/t16-/m0/s1. The van der Waals surface area contributed by atoms with Crippen molar-refractivity contribution in [1.82, 2.24) is 5.32 Å². The Kier molecular flexibility index (Phi) is 6.97. The number of hydrogen-bond donors (Lipinski definition) is 2. The van der Waals surface area contributed by atoms with Crippen LogP contribution in [0.25, 0.3) is 0 Å². The number of nitrogens with one attached hydrogen (secondary N) is 2. The molecule has 0 saturated carbocycles. The molecule has 26 heavy (non-hydrogen) atoms. The molecule has 6 heteroatoms. The maximum atomic E-state index is 12.2. The molecule has 2 N–H and O–H groups in total. The van der Waals surface area contributed by atoms with Crippen LogP contribution in [-0.4, -0.2) is 49.8 Å². The second-order valence-electron chi connectivity index (χ2n) is 7.31. The van der Waals surface area contributed by atoms with Gasteiger partial charge in [0.05, 0.1) is 30.6 Å². The fourth-order valence-electron chi connectivity index (χ4n) is 3.87. The molecule has 3 rings (SSSR count). The van der Waals surface area contributed by atoms with E-state index < -0.39 is 0 Å². The fourth-order valence-corrected chi connectivity index (χ4v) is 4.80. The molecule has 2 aliphatic rings. The predicted octanol–water partition coefficient (Wildman–Crippen LogP) is 1.48. The highest BCUT2D eigenvalue weighted by molar-refractivity contribution is 8.00. The monoisotopic (exact) mass is 376 g/mol. The number of quaternary nitrogens is 1. The van der Waals surface area contributed by atoms with Gasteiger partial charge in [0, 0.05) is 30.8 Å². The number of para-hydroxylation sites is 1. The number of hydrogen-bond acceptors (Lipinski definition) is 3. The van der Waals surface area contributed by atoms with E-state index in [1.165, 1.54) is 25.8 Å². The number of amides is 2. The second-order valence-corrected chi connectivity index (χ2v) is 8.33. The largest absolute Gasteiger partial charge is 0.356 e. The van der Waals surface area contributed by atoms with Gasteiger partial charge in [-0.25, -0.2) is 0 Å². The Morgan fingerprint density at radius 1 is 1.35 bits per heavy atom. The van der Waals surface area contributed by atoms with E-state index in [1.807, 2.05) is 24.3 Å². The van der Waals surface area contributed by atoms with E-state index in [4.69, 9.17) is 0 Å². The third kappa shape index (κ3) is 5.01. The first-order valence-corrected chi connectivity index (χ1v) is 10.8. The van der Waals surface area contributed by atoms with Gasteiger partial charge in [-0.05, 0) is 38.3 Å². The molecule has 0 radical (unpaired) electrons. The summed E-state index contributed by atoms with van der Waals surface area (Å²) in [5, 5.41) is 3.02. The highest BCUT2D eigenvalue weighted by Gasteiger charge is 2.24. The van der Waals surface area contributed by atoms with E-state index in [9.17, 15) is 9.59 Å². The second kappa shape index (κ2) is 9.42. The normalized spacial score (nSPS) is 22.8.